The van der Waals surface area contributed by atoms with Crippen LogP contribution in [0.2, 0.25) is 5.02 Å². The second kappa shape index (κ2) is 6.68. The van der Waals surface area contributed by atoms with Crippen molar-refractivity contribution in [3.63, 3.8) is 0 Å². The summed E-state index contributed by atoms with van der Waals surface area (Å²) in [5, 5.41) is 1.25. The Balaban J connectivity index is 2.10. The van der Waals surface area contributed by atoms with Gasteiger partial charge in [-0.2, -0.15) is 0 Å². The lowest BCUT2D eigenvalue weighted by Crippen LogP contribution is -2.21. The molecule has 0 aliphatic carbocycles. The first-order chi connectivity index (χ1) is 11.5. The predicted octanol–water partition coefficient (Wildman–Crippen LogP) is 3.20. The molecule has 0 radical (unpaired) electrons. The minimum atomic E-state index is -0.709. The Kier molecular flexibility index (Phi) is 4.44. The summed E-state index contributed by atoms with van der Waals surface area (Å²) < 4.78 is 4.95. The third kappa shape index (κ3) is 3.36. The van der Waals surface area contributed by atoms with E-state index in [1.54, 1.807) is 36.4 Å². The summed E-state index contributed by atoms with van der Waals surface area (Å²) in [4.78, 5) is 27.7. The van der Waals surface area contributed by atoms with Crippen molar-refractivity contribution in [1.29, 1.82) is 0 Å². The van der Waals surface area contributed by atoms with Crippen molar-refractivity contribution in [1.82, 2.24) is 4.98 Å². The third-order valence-electron chi connectivity index (χ3n) is 3.42. The number of pyridine rings is 1. The van der Waals surface area contributed by atoms with E-state index in [0.717, 1.165) is 5.56 Å². The van der Waals surface area contributed by atoms with Gasteiger partial charge in [-0.3, -0.25) is 4.79 Å². The van der Waals surface area contributed by atoms with E-state index in [-0.39, 0.29) is 0 Å². The fraction of sp³-hybridized carbons (Fsp3) is 0.0556. The number of halogens is 1. The number of carbonyl (C=O) groups excluding carboxylic acids is 2. The van der Waals surface area contributed by atoms with Gasteiger partial charge in [-0.05, 0) is 24.3 Å². The first-order valence-corrected chi connectivity index (χ1v) is 7.53. The van der Waals surface area contributed by atoms with Gasteiger partial charge < -0.3 is 10.5 Å². The molecule has 5 nitrogen and oxygen atoms in total. The maximum atomic E-state index is 12.3. The van der Waals surface area contributed by atoms with Crippen LogP contribution in [0.4, 0.5) is 0 Å². The number of carbonyl (C=O) groups is 2. The van der Waals surface area contributed by atoms with Crippen LogP contribution in [-0.4, -0.2) is 23.5 Å². The second-order valence-corrected chi connectivity index (χ2v) is 5.56. The topological polar surface area (TPSA) is 82.3 Å². The van der Waals surface area contributed by atoms with Gasteiger partial charge in [0.25, 0.3) is 5.91 Å². The molecule has 3 aromatic rings. The summed E-state index contributed by atoms with van der Waals surface area (Å²) in [6.45, 7) is -0.467. The number of esters is 1. The van der Waals surface area contributed by atoms with Gasteiger partial charge in [0, 0.05) is 16.0 Å². The molecule has 0 saturated heterocycles. The van der Waals surface area contributed by atoms with Crippen LogP contribution >= 0.6 is 11.6 Å². The van der Waals surface area contributed by atoms with E-state index in [2.05, 4.69) is 4.98 Å². The van der Waals surface area contributed by atoms with Crippen molar-refractivity contribution in [3.05, 3.63) is 65.2 Å². The summed E-state index contributed by atoms with van der Waals surface area (Å²) in [6, 6.07) is 16.0. The van der Waals surface area contributed by atoms with Crippen LogP contribution in [0, 0.1) is 0 Å². The van der Waals surface area contributed by atoms with Gasteiger partial charge in [0.2, 0.25) is 0 Å². The van der Waals surface area contributed by atoms with Crippen molar-refractivity contribution < 1.29 is 14.3 Å². The predicted molar refractivity (Wildman–Crippen MR) is 91.7 cm³/mol. The number of aromatic nitrogens is 1. The number of para-hydroxylation sites is 1. The number of hydrogen-bond donors (Lipinski definition) is 1. The molecular formula is C18H13ClN2O3. The van der Waals surface area contributed by atoms with E-state index in [4.69, 9.17) is 22.1 Å². The molecular weight excluding hydrogens is 328 g/mol. The van der Waals surface area contributed by atoms with Gasteiger partial charge in [0.05, 0.1) is 16.8 Å². The Morgan fingerprint density at radius 2 is 1.79 bits per heavy atom. The number of nitrogens with two attached hydrogens (primary N) is 1. The van der Waals surface area contributed by atoms with Crippen molar-refractivity contribution >= 4 is 34.4 Å². The standard InChI is InChI=1S/C18H13ClN2O3/c19-12-7-5-11(6-8-12)16-9-14(18(23)24-10-17(20)22)13-3-1-2-4-15(13)21-16/h1-9H,10H2,(H2,20,22). The smallest absolute Gasteiger partial charge is 0.339 e. The third-order valence-corrected chi connectivity index (χ3v) is 3.67. The highest BCUT2D eigenvalue weighted by Crippen LogP contribution is 2.26. The maximum Gasteiger partial charge on any atom is 0.339 e. The van der Waals surface area contributed by atoms with Gasteiger partial charge in [-0.15, -0.1) is 0 Å². The Bertz CT molecular complexity index is 923. The van der Waals surface area contributed by atoms with Crippen LogP contribution < -0.4 is 5.73 Å². The number of fused-ring (bicyclic) bond motifs is 1. The maximum absolute atomic E-state index is 12.3. The summed E-state index contributed by atoms with van der Waals surface area (Å²) in [5.74, 6) is -1.33. The molecule has 0 aliphatic heterocycles. The first kappa shape index (κ1) is 16.0. The first-order valence-electron chi connectivity index (χ1n) is 7.16. The average molecular weight is 341 g/mol. The van der Waals surface area contributed by atoms with Gasteiger partial charge >= 0.3 is 5.97 Å². The second-order valence-electron chi connectivity index (χ2n) is 5.12. The number of nitrogens with zero attached hydrogens (tertiary/aromatic N) is 1. The average Bonchev–Trinajstić information content (AvgIpc) is 2.59. The SMILES string of the molecule is NC(=O)COC(=O)c1cc(-c2ccc(Cl)cc2)nc2ccccc12. The highest BCUT2D eigenvalue weighted by molar-refractivity contribution is 6.30. The molecule has 120 valence electrons. The molecule has 1 heterocycles. The fourth-order valence-electron chi connectivity index (χ4n) is 2.33. The number of benzene rings is 2. The molecule has 0 bridgehead atoms. The largest absolute Gasteiger partial charge is 0.452 e. The van der Waals surface area contributed by atoms with Gasteiger partial charge in [-0.25, -0.2) is 9.78 Å². The van der Waals surface area contributed by atoms with E-state index in [1.807, 2.05) is 18.2 Å². The molecule has 0 spiro atoms. The quantitative estimate of drug-likeness (QED) is 0.739. The Morgan fingerprint density at radius 1 is 1.08 bits per heavy atom. The molecule has 0 saturated carbocycles. The minimum absolute atomic E-state index is 0.326. The van der Waals surface area contributed by atoms with E-state index < -0.39 is 18.5 Å². The molecule has 6 heteroatoms. The molecule has 24 heavy (non-hydrogen) atoms. The van der Waals surface area contributed by atoms with Crippen LogP contribution in [0.15, 0.2) is 54.6 Å². The van der Waals surface area contributed by atoms with Gasteiger partial charge in [0.15, 0.2) is 6.61 Å². The zero-order chi connectivity index (χ0) is 17.1. The number of primary amides is 1. The molecule has 1 aromatic heterocycles. The molecule has 2 aromatic carbocycles. The highest BCUT2D eigenvalue weighted by Gasteiger charge is 2.15. The van der Waals surface area contributed by atoms with Crippen molar-refractivity contribution in [2.24, 2.45) is 5.73 Å². The van der Waals surface area contributed by atoms with Crippen molar-refractivity contribution in [2.45, 2.75) is 0 Å². The van der Waals surface area contributed by atoms with Crippen LogP contribution in [-0.2, 0) is 9.53 Å². The van der Waals surface area contributed by atoms with Crippen LogP contribution in [0.1, 0.15) is 10.4 Å². The van der Waals surface area contributed by atoms with Crippen molar-refractivity contribution in [3.8, 4) is 11.3 Å². The summed E-state index contributed by atoms with van der Waals surface area (Å²) in [7, 11) is 0. The summed E-state index contributed by atoms with van der Waals surface area (Å²) >= 11 is 5.91. The Labute approximate surface area is 143 Å². The molecule has 0 aliphatic rings. The summed E-state index contributed by atoms with van der Waals surface area (Å²) in [6.07, 6.45) is 0. The summed E-state index contributed by atoms with van der Waals surface area (Å²) in [5.41, 5.74) is 7.42. The lowest BCUT2D eigenvalue weighted by Gasteiger charge is -2.09. The Morgan fingerprint density at radius 3 is 2.50 bits per heavy atom. The fourth-order valence-corrected chi connectivity index (χ4v) is 2.45. The van der Waals surface area contributed by atoms with Crippen LogP contribution in [0.5, 0.6) is 0 Å². The number of hydrogen-bond acceptors (Lipinski definition) is 4. The number of amides is 1. The van der Waals surface area contributed by atoms with E-state index in [0.29, 0.717) is 27.2 Å². The monoisotopic (exact) mass is 340 g/mol. The van der Waals surface area contributed by atoms with E-state index in [1.165, 1.54) is 0 Å². The minimum Gasteiger partial charge on any atom is -0.452 e. The molecule has 2 N–H and O–H groups in total. The molecule has 0 fully saturated rings. The van der Waals surface area contributed by atoms with E-state index in [9.17, 15) is 9.59 Å². The molecule has 3 rings (SSSR count). The zero-order valence-corrected chi connectivity index (χ0v) is 13.3. The number of ether oxygens (including phenoxy) is 1. The lowest BCUT2D eigenvalue weighted by molar-refractivity contribution is -0.121. The highest BCUT2D eigenvalue weighted by atomic mass is 35.5. The van der Waals surface area contributed by atoms with Crippen molar-refractivity contribution in [2.75, 3.05) is 6.61 Å². The van der Waals surface area contributed by atoms with Gasteiger partial charge in [-0.1, -0.05) is 41.9 Å². The van der Waals surface area contributed by atoms with E-state index >= 15 is 0 Å². The Hall–Kier alpha value is -2.92. The number of rotatable bonds is 4. The van der Waals surface area contributed by atoms with Crippen LogP contribution in [0.3, 0.4) is 0 Å². The molecule has 1 amide bonds. The normalized spacial score (nSPS) is 10.5. The van der Waals surface area contributed by atoms with Gasteiger partial charge in [0.1, 0.15) is 0 Å². The zero-order valence-electron chi connectivity index (χ0n) is 12.5. The lowest BCUT2D eigenvalue weighted by atomic mass is 10.0. The molecule has 0 unspecified atom stereocenters. The van der Waals surface area contributed by atoms with Crippen LogP contribution in [0.25, 0.3) is 22.2 Å². The molecule has 0 atom stereocenters.